The van der Waals surface area contributed by atoms with Crippen LogP contribution < -0.4 is 5.73 Å². The van der Waals surface area contributed by atoms with Crippen LogP contribution in [0.15, 0.2) is 30.3 Å². The molecule has 1 aliphatic heterocycles. The third-order valence-electron chi connectivity index (χ3n) is 3.38. The maximum Gasteiger partial charge on any atom is 0.250 e. The lowest BCUT2D eigenvalue weighted by molar-refractivity contribution is -0.0627. The first kappa shape index (κ1) is 12.5. The summed E-state index contributed by atoms with van der Waals surface area (Å²) in [7, 11) is 0. The fourth-order valence-corrected chi connectivity index (χ4v) is 2.33. The Labute approximate surface area is 100 Å². The maximum atomic E-state index is 13.1. The molecule has 1 unspecified atom stereocenters. The smallest absolute Gasteiger partial charge is 0.250 e. The van der Waals surface area contributed by atoms with Crippen LogP contribution in [0.4, 0.5) is 8.78 Å². The Hall–Kier alpha value is -1.00. The van der Waals surface area contributed by atoms with Gasteiger partial charge in [-0.2, -0.15) is 0 Å². The summed E-state index contributed by atoms with van der Waals surface area (Å²) in [6.07, 6.45) is -0.118. The summed E-state index contributed by atoms with van der Waals surface area (Å²) < 4.78 is 26.2. The summed E-state index contributed by atoms with van der Waals surface area (Å²) in [6.45, 7) is 1.31. The quantitative estimate of drug-likeness (QED) is 0.879. The van der Waals surface area contributed by atoms with Crippen molar-refractivity contribution in [2.24, 2.45) is 5.73 Å². The standard InChI is InChI=1S/C13H18F2N2/c14-13(15)6-8-17(9-7-13)12(10-16)11-4-2-1-3-5-11/h1-5,12H,6-10,16H2. The van der Waals surface area contributed by atoms with Crippen molar-refractivity contribution in [2.45, 2.75) is 24.8 Å². The summed E-state index contributed by atoms with van der Waals surface area (Å²) in [4.78, 5) is 2.06. The van der Waals surface area contributed by atoms with Gasteiger partial charge in [-0.05, 0) is 5.56 Å². The molecule has 1 aromatic carbocycles. The van der Waals surface area contributed by atoms with E-state index in [2.05, 4.69) is 4.90 Å². The summed E-state index contributed by atoms with van der Waals surface area (Å²) in [6, 6.07) is 9.93. The zero-order valence-electron chi connectivity index (χ0n) is 9.78. The van der Waals surface area contributed by atoms with E-state index in [1.165, 1.54) is 0 Å². The molecule has 4 heteroatoms. The normalized spacial score (nSPS) is 22.3. The van der Waals surface area contributed by atoms with Crippen LogP contribution in [0.5, 0.6) is 0 Å². The topological polar surface area (TPSA) is 29.3 Å². The summed E-state index contributed by atoms with van der Waals surface area (Å²) in [5.74, 6) is -2.49. The maximum absolute atomic E-state index is 13.1. The molecule has 1 heterocycles. The second kappa shape index (κ2) is 5.10. The van der Waals surface area contributed by atoms with Crippen molar-refractivity contribution in [1.29, 1.82) is 0 Å². The number of benzene rings is 1. The second-order valence-electron chi connectivity index (χ2n) is 4.55. The Morgan fingerprint density at radius 2 is 1.76 bits per heavy atom. The molecule has 0 radical (unpaired) electrons. The van der Waals surface area contributed by atoms with E-state index in [9.17, 15) is 8.78 Å². The fraction of sp³-hybridized carbons (Fsp3) is 0.538. The van der Waals surface area contributed by atoms with Gasteiger partial charge in [0, 0.05) is 38.5 Å². The Kier molecular flexibility index (Phi) is 3.74. The highest BCUT2D eigenvalue weighted by atomic mass is 19.3. The van der Waals surface area contributed by atoms with Crippen LogP contribution in [0.3, 0.4) is 0 Å². The van der Waals surface area contributed by atoms with Crippen LogP contribution in [0.2, 0.25) is 0 Å². The first-order valence-electron chi connectivity index (χ1n) is 5.99. The van der Waals surface area contributed by atoms with Gasteiger partial charge in [0.15, 0.2) is 0 Å². The zero-order valence-corrected chi connectivity index (χ0v) is 9.78. The fourth-order valence-electron chi connectivity index (χ4n) is 2.33. The van der Waals surface area contributed by atoms with Gasteiger partial charge in [0.2, 0.25) is 0 Å². The molecule has 0 saturated carbocycles. The third kappa shape index (κ3) is 3.01. The van der Waals surface area contributed by atoms with Crippen LogP contribution >= 0.6 is 0 Å². The second-order valence-corrected chi connectivity index (χ2v) is 4.55. The van der Waals surface area contributed by atoms with Crippen molar-refractivity contribution in [2.75, 3.05) is 19.6 Å². The summed E-state index contributed by atoms with van der Waals surface area (Å²) >= 11 is 0. The van der Waals surface area contributed by atoms with Crippen molar-refractivity contribution in [3.8, 4) is 0 Å². The van der Waals surface area contributed by atoms with E-state index < -0.39 is 5.92 Å². The molecular weight excluding hydrogens is 222 g/mol. The Balaban J connectivity index is 2.05. The molecule has 0 bridgehead atoms. The highest BCUT2D eigenvalue weighted by molar-refractivity contribution is 5.19. The third-order valence-corrected chi connectivity index (χ3v) is 3.38. The van der Waals surface area contributed by atoms with E-state index >= 15 is 0 Å². The predicted octanol–water partition coefficient (Wildman–Crippen LogP) is 2.42. The van der Waals surface area contributed by atoms with Crippen LogP contribution in [-0.4, -0.2) is 30.5 Å². The van der Waals surface area contributed by atoms with E-state index in [1.807, 2.05) is 30.3 Å². The summed E-state index contributed by atoms with van der Waals surface area (Å²) in [5, 5.41) is 0. The summed E-state index contributed by atoms with van der Waals surface area (Å²) in [5.41, 5.74) is 6.89. The van der Waals surface area contributed by atoms with Crippen LogP contribution in [0.1, 0.15) is 24.4 Å². The van der Waals surface area contributed by atoms with Crippen molar-refractivity contribution < 1.29 is 8.78 Å². The van der Waals surface area contributed by atoms with Crippen LogP contribution in [-0.2, 0) is 0 Å². The number of nitrogens with zero attached hydrogens (tertiary/aromatic N) is 1. The average molecular weight is 240 g/mol. The highest BCUT2D eigenvalue weighted by Gasteiger charge is 2.36. The largest absolute Gasteiger partial charge is 0.329 e. The molecule has 94 valence electrons. The lowest BCUT2D eigenvalue weighted by Gasteiger charge is -2.37. The molecule has 1 aliphatic rings. The van der Waals surface area contributed by atoms with Gasteiger partial charge in [0.05, 0.1) is 0 Å². The number of nitrogens with two attached hydrogens (primary N) is 1. The van der Waals surface area contributed by atoms with Gasteiger partial charge in [-0.25, -0.2) is 8.78 Å². The van der Waals surface area contributed by atoms with E-state index in [0.717, 1.165) is 5.56 Å². The molecule has 0 amide bonds. The number of hydrogen-bond acceptors (Lipinski definition) is 2. The highest BCUT2D eigenvalue weighted by Crippen LogP contribution is 2.31. The molecular formula is C13H18F2N2. The monoisotopic (exact) mass is 240 g/mol. The number of likely N-dealkylation sites (tertiary alicyclic amines) is 1. The lowest BCUT2D eigenvalue weighted by atomic mass is 10.00. The molecule has 2 N–H and O–H groups in total. The number of halogens is 2. The first-order valence-corrected chi connectivity index (χ1v) is 5.99. The number of piperidine rings is 1. The number of hydrogen-bond donors (Lipinski definition) is 1. The minimum Gasteiger partial charge on any atom is -0.329 e. The van der Waals surface area contributed by atoms with Crippen LogP contribution in [0.25, 0.3) is 0 Å². The molecule has 0 aliphatic carbocycles. The van der Waals surface area contributed by atoms with Crippen molar-refractivity contribution in [3.05, 3.63) is 35.9 Å². The van der Waals surface area contributed by atoms with Gasteiger partial charge in [-0.1, -0.05) is 30.3 Å². The van der Waals surface area contributed by atoms with Crippen molar-refractivity contribution >= 4 is 0 Å². The van der Waals surface area contributed by atoms with Gasteiger partial charge in [-0.3, -0.25) is 4.90 Å². The predicted molar refractivity (Wildman–Crippen MR) is 64.0 cm³/mol. The van der Waals surface area contributed by atoms with Gasteiger partial charge in [0.1, 0.15) is 0 Å². The molecule has 0 spiro atoms. The van der Waals surface area contributed by atoms with Crippen molar-refractivity contribution in [3.63, 3.8) is 0 Å². The van der Waals surface area contributed by atoms with E-state index in [0.29, 0.717) is 19.6 Å². The Morgan fingerprint density at radius 1 is 1.18 bits per heavy atom. The molecule has 1 saturated heterocycles. The molecule has 17 heavy (non-hydrogen) atoms. The molecule has 1 fully saturated rings. The minimum absolute atomic E-state index is 0.0592. The van der Waals surface area contributed by atoms with Gasteiger partial charge in [-0.15, -0.1) is 0 Å². The zero-order chi connectivity index (χ0) is 12.3. The lowest BCUT2D eigenvalue weighted by Crippen LogP contribution is -2.43. The molecule has 0 aromatic heterocycles. The molecule has 1 atom stereocenters. The van der Waals surface area contributed by atoms with Gasteiger partial charge in [0.25, 0.3) is 5.92 Å². The van der Waals surface area contributed by atoms with Crippen LogP contribution in [0, 0.1) is 0 Å². The van der Waals surface area contributed by atoms with E-state index in [1.54, 1.807) is 0 Å². The molecule has 2 rings (SSSR count). The number of alkyl halides is 2. The molecule has 1 aromatic rings. The average Bonchev–Trinajstić information content (AvgIpc) is 2.33. The van der Waals surface area contributed by atoms with Gasteiger partial charge < -0.3 is 5.73 Å². The van der Waals surface area contributed by atoms with E-state index in [-0.39, 0.29) is 18.9 Å². The number of rotatable bonds is 3. The van der Waals surface area contributed by atoms with Gasteiger partial charge >= 0.3 is 0 Å². The Bertz CT molecular complexity index is 344. The minimum atomic E-state index is -2.49. The van der Waals surface area contributed by atoms with E-state index in [4.69, 9.17) is 5.73 Å². The molecule has 2 nitrogen and oxygen atoms in total. The van der Waals surface area contributed by atoms with Crippen molar-refractivity contribution in [1.82, 2.24) is 4.90 Å². The first-order chi connectivity index (χ1) is 8.12. The Morgan fingerprint density at radius 3 is 2.29 bits per heavy atom. The SMILES string of the molecule is NCC(c1ccccc1)N1CCC(F)(F)CC1.